The van der Waals surface area contributed by atoms with Crippen molar-refractivity contribution in [2.75, 3.05) is 13.1 Å². The number of hydrogen-bond donors (Lipinski definition) is 0. The molecule has 3 aromatic rings. The van der Waals surface area contributed by atoms with Crippen LogP contribution in [0.2, 0.25) is 10.0 Å². The number of hydrogen-bond acceptors (Lipinski definition) is 4. The molecule has 3 heterocycles. The molecule has 2 aromatic heterocycles. The number of rotatable bonds is 3. The van der Waals surface area contributed by atoms with Gasteiger partial charge in [-0.1, -0.05) is 23.2 Å². The fraction of sp³-hybridized carbons (Fsp3) is 0.300. The van der Waals surface area contributed by atoms with Crippen molar-refractivity contribution in [2.24, 2.45) is 0 Å². The van der Waals surface area contributed by atoms with Crippen LogP contribution in [0.25, 0.3) is 17.1 Å². The van der Waals surface area contributed by atoms with Crippen LogP contribution >= 0.6 is 23.2 Å². The van der Waals surface area contributed by atoms with Crippen molar-refractivity contribution < 1.29 is 4.79 Å². The fourth-order valence-corrected chi connectivity index (χ4v) is 3.93. The zero-order valence-electron chi connectivity index (χ0n) is 15.8. The molecule has 0 aliphatic carbocycles. The Kier molecular flexibility index (Phi) is 5.43. The van der Waals surface area contributed by atoms with Crippen LogP contribution in [0.15, 0.2) is 47.5 Å². The number of aromatic nitrogens is 4. The minimum absolute atomic E-state index is 0.0479. The maximum Gasteiger partial charge on any atom is 0.351 e. The van der Waals surface area contributed by atoms with Gasteiger partial charge < -0.3 is 4.90 Å². The van der Waals surface area contributed by atoms with E-state index in [-0.39, 0.29) is 17.6 Å². The summed E-state index contributed by atoms with van der Waals surface area (Å²) < 4.78 is 3.05. The maximum absolute atomic E-state index is 13.4. The lowest BCUT2D eigenvalue weighted by Gasteiger charge is -2.30. The molecule has 4 rings (SSSR count). The van der Waals surface area contributed by atoms with Crippen LogP contribution in [0.5, 0.6) is 0 Å². The van der Waals surface area contributed by atoms with Gasteiger partial charge in [0.05, 0.1) is 16.8 Å². The fourth-order valence-electron chi connectivity index (χ4n) is 3.60. The Labute approximate surface area is 177 Å². The molecule has 150 valence electrons. The number of carbonyl (C=O) groups is 1. The van der Waals surface area contributed by atoms with Gasteiger partial charge in [0.25, 0.3) is 0 Å². The molecule has 0 radical (unpaired) electrons. The Morgan fingerprint density at radius 2 is 1.79 bits per heavy atom. The molecule has 1 saturated heterocycles. The summed E-state index contributed by atoms with van der Waals surface area (Å²) in [7, 11) is 0. The number of piperidine rings is 1. The van der Waals surface area contributed by atoms with E-state index >= 15 is 0 Å². The van der Waals surface area contributed by atoms with Gasteiger partial charge in [-0.05, 0) is 43.2 Å². The molecule has 0 unspecified atom stereocenters. The molecule has 1 amide bonds. The molecular weight excluding hydrogens is 413 g/mol. The van der Waals surface area contributed by atoms with Gasteiger partial charge in [0.2, 0.25) is 5.91 Å². The summed E-state index contributed by atoms with van der Waals surface area (Å²) in [6, 6.07) is 8.64. The van der Waals surface area contributed by atoms with Gasteiger partial charge in [0, 0.05) is 43.0 Å². The van der Waals surface area contributed by atoms with Crippen LogP contribution in [-0.2, 0) is 4.79 Å². The number of likely N-dealkylation sites (tertiary alicyclic amines) is 1. The van der Waals surface area contributed by atoms with Gasteiger partial charge in [0.1, 0.15) is 0 Å². The summed E-state index contributed by atoms with van der Waals surface area (Å²) in [6.45, 7) is 2.77. The second-order valence-corrected chi connectivity index (χ2v) is 7.80. The summed E-state index contributed by atoms with van der Waals surface area (Å²) in [4.78, 5) is 30.8. The molecule has 7 nitrogen and oxygen atoms in total. The molecule has 9 heteroatoms. The normalized spacial score (nSPS) is 14.9. The first kappa shape index (κ1) is 19.7. The lowest BCUT2D eigenvalue weighted by Crippen LogP contribution is -2.40. The number of halogens is 2. The van der Waals surface area contributed by atoms with Crippen molar-refractivity contribution in [2.45, 2.75) is 25.8 Å². The van der Waals surface area contributed by atoms with Crippen molar-refractivity contribution in [3.05, 3.63) is 63.3 Å². The molecule has 0 bridgehead atoms. The van der Waals surface area contributed by atoms with Crippen LogP contribution in [0.4, 0.5) is 0 Å². The Morgan fingerprint density at radius 1 is 1.10 bits per heavy atom. The summed E-state index contributed by atoms with van der Waals surface area (Å²) in [5.41, 5.74) is 1.01. The lowest BCUT2D eigenvalue weighted by atomic mass is 10.1. The maximum atomic E-state index is 13.4. The lowest BCUT2D eigenvalue weighted by molar-refractivity contribution is -0.130. The Hall–Kier alpha value is -2.64. The van der Waals surface area contributed by atoms with Crippen molar-refractivity contribution in [1.29, 1.82) is 0 Å². The van der Waals surface area contributed by atoms with Gasteiger partial charge >= 0.3 is 5.69 Å². The minimum atomic E-state index is -0.253. The second kappa shape index (κ2) is 8.00. The molecule has 1 aliphatic heterocycles. The van der Waals surface area contributed by atoms with Crippen LogP contribution in [0.1, 0.15) is 25.8 Å². The van der Waals surface area contributed by atoms with Crippen molar-refractivity contribution in [3.63, 3.8) is 0 Å². The first-order valence-corrected chi connectivity index (χ1v) is 10.0. The zero-order chi connectivity index (χ0) is 20.5. The summed E-state index contributed by atoms with van der Waals surface area (Å²) >= 11 is 12.4. The van der Waals surface area contributed by atoms with Crippen LogP contribution in [-0.4, -0.2) is 43.2 Å². The zero-order valence-corrected chi connectivity index (χ0v) is 17.3. The highest BCUT2D eigenvalue weighted by molar-refractivity contribution is 6.33. The molecular formula is C20H19Cl2N5O2. The van der Waals surface area contributed by atoms with Crippen LogP contribution < -0.4 is 5.69 Å². The minimum Gasteiger partial charge on any atom is -0.343 e. The number of pyridine rings is 1. The number of amides is 1. The molecule has 0 saturated carbocycles. The van der Waals surface area contributed by atoms with Gasteiger partial charge in [-0.15, -0.1) is 5.10 Å². The van der Waals surface area contributed by atoms with E-state index in [4.69, 9.17) is 23.2 Å². The van der Waals surface area contributed by atoms with Gasteiger partial charge in [-0.3, -0.25) is 9.78 Å². The third-order valence-corrected chi connectivity index (χ3v) is 5.71. The highest BCUT2D eigenvalue weighted by atomic mass is 35.5. The van der Waals surface area contributed by atoms with E-state index in [1.54, 1.807) is 48.4 Å². The molecule has 1 fully saturated rings. The highest BCUT2D eigenvalue weighted by Gasteiger charge is 2.27. The van der Waals surface area contributed by atoms with E-state index in [1.807, 2.05) is 0 Å². The van der Waals surface area contributed by atoms with E-state index in [2.05, 4.69) is 10.1 Å². The summed E-state index contributed by atoms with van der Waals surface area (Å²) in [5.74, 6) is 0.491. The van der Waals surface area contributed by atoms with Crippen LogP contribution in [0.3, 0.4) is 0 Å². The van der Waals surface area contributed by atoms with Gasteiger partial charge in [-0.25, -0.2) is 14.0 Å². The molecule has 1 aromatic carbocycles. The molecule has 0 N–H and O–H groups in total. The van der Waals surface area contributed by atoms with E-state index in [0.29, 0.717) is 53.1 Å². The van der Waals surface area contributed by atoms with E-state index in [0.717, 1.165) is 0 Å². The van der Waals surface area contributed by atoms with E-state index in [1.165, 1.54) is 15.4 Å². The Bertz CT molecular complexity index is 1100. The van der Waals surface area contributed by atoms with E-state index < -0.39 is 0 Å². The number of benzene rings is 1. The van der Waals surface area contributed by atoms with Crippen LogP contribution in [0, 0.1) is 0 Å². The number of carbonyl (C=O) groups excluding carboxylic acids is 1. The predicted octanol–water partition coefficient (Wildman–Crippen LogP) is 3.59. The first-order valence-electron chi connectivity index (χ1n) is 9.28. The topological polar surface area (TPSA) is 73.0 Å². The molecule has 0 spiro atoms. The Morgan fingerprint density at radius 3 is 2.41 bits per heavy atom. The number of nitrogens with zero attached hydrogens (tertiary/aromatic N) is 5. The quantitative estimate of drug-likeness (QED) is 0.634. The average molecular weight is 432 g/mol. The largest absolute Gasteiger partial charge is 0.351 e. The summed E-state index contributed by atoms with van der Waals surface area (Å²) in [6.07, 6.45) is 4.47. The van der Waals surface area contributed by atoms with Gasteiger partial charge in [-0.2, -0.15) is 0 Å². The van der Waals surface area contributed by atoms with E-state index in [9.17, 15) is 9.59 Å². The standard InChI is InChI=1S/C20H19Cl2N5O2/c1-13(28)25-10-7-16(8-11-25)27-20(29)26(15-4-2-14(21)3-5-15)19(24-27)17-6-9-23-12-18(17)22/h2-6,9,12,16H,7-8,10-11H2,1H3. The molecule has 29 heavy (non-hydrogen) atoms. The SMILES string of the molecule is CC(=O)N1CCC(n2nc(-c3ccncc3Cl)n(-c3ccc(Cl)cc3)c2=O)CC1. The average Bonchev–Trinajstić information content (AvgIpc) is 3.06. The van der Waals surface area contributed by atoms with Crippen molar-refractivity contribution >= 4 is 29.1 Å². The smallest absolute Gasteiger partial charge is 0.343 e. The van der Waals surface area contributed by atoms with Gasteiger partial charge in [0.15, 0.2) is 5.82 Å². The van der Waals surface area contributed by atoms with Crippen molar-refractivity contribution in [1.82, 2.24) is 24.2 Å². The highest BCUT2D eigenvalue weighted by Crippen LogP contribution is 2.28. The first-order chi connectivity index (χ1) is 14.0. The summed E-state index contributed by atoms with van der Waals surface area (Å²) in [5, 5.41) is 5.64. The third-order valence-electron chi connectivity index (χ3n) is 5.16. The monoisotopic (exact) mass is 431 g/mol. The molecule has 0 atom stereocenters. The Balaban J connectivity index is 1.82. The molecule has 1 aliphatic rings. The third kappa shape index (κ3) is 3.80. The second-order valence-electron chi connectivity index (χ2n) is 6.96. The van der Waals surface area contributed by atoms with Crippen molar-refractivity contribution in [3.8, 4) is 17.1 Å². The predicted molar refractivity (Wildman–Crippen MR) is 112 cm³/mol.